The van der Waals surface area contributed by atoms with E-state index in [2.05, 4.69) is 20.3 Å². The highest BCUT2D eigenvalue weighted by molar-refractivity contribution is 5.81. The summed E-state index contributed by atoms with van der Waals surface area (Å²) in [6.07, 6.45) is 4.96. The molecule has 0 unspecified atom stereocenters. The van der Waals surface area contributed by atoms with Crippen LogP contribution in [0.4, 0.5) is 11.6 Å². The van der Waals surface area contributed by atoms with Gasteiger partial charge in [-0.25, -0.2) is 4.98 Å². The molecule has 0 amide bonds. The number of rotatable bonds is 3. The van der Waals surface area contributed by atoms with Crippen LogP contribution in [0.3, 0.4) is 0 Å². The van der Waals surface area contributed by atoms with E-state index >= 15 is 0 Å². The fourth-order valence-electron chi connectivity index (χ4n) is 1.96. The molecule has 94 valence electrons. The maximum atomic E-state index is 5.59. The van der Waals surface area contributed by atoms with Gasteiger partial charge >= 0.3 is 0 Å². The molecule has 1 aromatic carbocycles. The zero-order valence-corrected chi connectivity index (χ0v) is 10.2. The molecule has 3 rings (SSSR count). The second kappa shape index (κ2) is 4.89. The normalized spacial score (nSPS) is 10.5. The summed E-state index contributed by atoms with van der Waals surface area (Å²) in [5.41, 5.74) is 7.70. The van der Waals surface area contributed by atoms with E-state index in [9.17, 15) is 0 Å². The highest BCUT2D eigenvalue weighted by Crippen LogP contribution is 2.17. The van der Waals surface area contributed by atoms with Gasteiger partial charge in [0, 0.05) is 18.1 Å². The topological polar surface area (TPSA) is 76.7 Å². The van der Waals surface area contributed by atoms with Crippen LogP contribution < -0.4 is 11.1 Å². The van der Waals surface area contributed by atoms with Gasteiger partial charge in [0.2, 0.25) is 0 Å². The molecule has 0 radical (unpaired) electrons. The minimum atomic E-state index is 0.404. The molecule has 19 heavy (non-hydrogen) atoms. The molecule has 0 spiro atoms. The summed E-state index contributed by atoms with van der Waals surface area (Å²) in [5.74, 6) is 1.06. The third-order valence-electron chi connectivity index (χ3n) is 2.83. The molecule has 2 heterocycles. The molecular formula is C14H13N5. The lowest BCUT2D eigenvalue weighted by Crippen LogP contribution is -2.04. The van der Waals surface area contributed by atoms with E-state index in [1.807, 2.05) is 30.3 Å². The van der Waals surface area contributed by atoms with Crippen LogP contribution in [0.15, 0.2) is 48.9 Å². The lowest BCUT2D eigenvalue weighted by atomic mass is 10.1. The predicted octanol–water partition coefficient (Wildman–Crippen LogP) is 2.22. The average molecular weight is 251 g/mol. The van der Waals surface area contributed by atoms with Gasteiger partial charge in [-0.2, -0.15) is 0 Å². The first-order valence-corrected chi connectivity index (χ1v) is 5.97. The molecule has 0 bridgehead atoms. The van der Waals surface area contributed by atoms with Crippen LogP contribution in [0.25, 0.3) is 10.9 Å². The lowest BCUT2D eigenvalue weighted by Gasteiger charge is -2.08. The molecule has 0 aliphatic carbocycles. The van der Waals surface area contributed by atoms with E-state index in [-0.39, 0.29) is 0 Å². The lowest BCUT2D eigenvalue weighted by molar-refractivity contribution is 1.09. The largest absolute Gasteiger partial charge is 0.382 e. The van der Waals surface area contributed by atoms with Crippen LogP contribution in [0.1, 0.15) is 5.56 Å². The standard InChI is InChI=1S/C14H13N5/c15-12-8-16-9-13(19-12)18-7-11-4-1-3-10-5-2-6-17-14(10)11/h1-6,8-9H,7H2,(H3,15,18,19). The second-order valence-electron chi connectivity index (χ2n) is 4.17. The van der Waals surface area contributed by atoms with Crippen molar-refractivity contribution in [3.8, 4) is 0 Å². The Labute approximate surface area is 110 Å². The summed E-state index contributed by atoms with van der Waals surface area (Å²) in [5, 5.41) is 4.33. The Morgan fingerprint density at radius 3 is 2.89 bits per heavy atom. The average Bonchev–Trinajstić information content (AvgIpc) is 2.45. The van der Waals surface area contributed by atoms with Gasteiger partial charge in [-0.15, -0.1) is 0 Å². The smallest absolute Gasteiger partial charge is 0.147 e. The number of para-hydroxylation sites is 1. The Hall–Kier alpha value is -2.69. The van der Waals surface area contributed by atoms with E-state index in [0.717, 1.165) is 16.5 Å². The highest BCUT2D eigenvalue weighted by Gasteiger charge is 2.02. The van der Waals surface area contributed by atoms with Gasteiger partial charge in [0.15, 0.2) is 0 Å². The van der Waals surface area contributed by atoms with Gasteiger partial charge in [-0.3, -0.25) is 9.97 Å². The van der Waals surface area contributed by atoms with E-state index in [4.69, 9.17) is 5.73 Å². The minimum Gasteiger partial charge on any atom is -0.382 e. The first-order chi connectivity index (χ1) is 9.33. The van der Waals surface area contributed by atoms with Crippen LogP contribution in [0.2, 0.25) is 0 Å². The van der Waals surface area contributed by atoms with Crippen molar-refractivity contribution in [2.24, 2.45) is 0 Å². The molecule has 0 aliphatic heterocycles. The van der Waals surface area contributed by atoms with Crippen molar-refractivity contribution in [1.29, 1.82) is 0 Å². The van der Waals surface area contributed by atoms with Crippen molar-refractivity contribution in [1.82, 2.24) is 15.0 Å². The van der Waals surface area contributed by atoms with Crippen LogP contribution in [0.5, 0.6) is 0 Å². The molecule has 0 aliphatic rings. The molecule has 0 fully saturated rings. The Kier molecular flexibility index (Phi) is 2.94. The molecule has 0 saturated carbocycles. The Bertz CT molecular complexity index is 706. The summed E-state index contributed by atoms with van der Waals surface area (Å²) in [7, 11) is 0. The fraction of sp³-hybridized carbons (Fsp3) is 0.0714. The van der Waals surface area contributed by atoms with E-state index in [0.29, 0.717) is 18.2 Å². The third kappa shape index (κ3) is 2.44. The van der Waals surface area contributed by atoms with Crippen molar-refractivity contribution >= 4 is 22.5 Å². The van der Waals surface area contributed by atoms with Gasteiger partial charge in [0.1, 0.15) is 11.6 Å². The molecular weight excluding hydrogens is 238 g/mol. The summed E-state index contributed by atoms with van der Waals surface area (Å²) >= 11 is 0. The Balaban J connectivity index is 1.86. The predicted molar refractivity (Wildman–Crippen MR) is 75.5 cm³/mol. The maximum absolute atomic E-state index is 5.59. The maximum Gasteiger partial charge on any atom is 0.147 e. The van der Waals surface area contributed by atoms with Crippen LogP contribution in [0, 0.1) is 0 Å². The van der Waals surface area contributed by atoms with Gasteiger partial charge in [0.05, 0.1) is 17.9 Å². The molecule has 3 N–H and O–H groups in total. The minimum absolute atomic E-state index is 0.404. The van der Waals surface area contributed by atoms with E-state index in [1.54, 1.807) is 12.4 Å². The molecule has 0 atom stereocenters. The van der Waals surface area contributed by atoms with Crippen molar-refractivity contribution in [2.45, 2.75) is 6.54 Å². The molecule has 2 aromatic heterocycles. The number of nitrogen functional groups attached to an aromatic ring is 1. The summed E-state index contributed by atoms with van der Waals surface area (Å²) < 4.78 is 0. The summed E-state index contributed by atoms with van der Waals surface area (Å²) in [6, 6.07) is 10.1. The van der Waals surface area contributed by atoms with Crippen molar-refractivity contribution < 1.29 is 0 Å². The third-order valence-corrected chi connectivity index (χ3v) is 2.83. The summed E-state index contributed by atoms with van der Waals surface area (Å²) in [6.45, 7) is 0.631. The number of fused-ring (bicyclic) bond motifs is 1. The first kappa shape index (κ1) is 11.4. The number of hydrogen-bond donors (Lipinski definition) is 2. The van der Waals surface area contributed by atoms with Crippen LogP contribution in [-0.4, -0.2) is 15.0 Å². The zero-order valence-electron chi connectivity index (χ0n) is 10.2. The number of nitrogens with two attached hydrogens (primary N) is 1. The van der Waals surface area contributed by atoms with Crippen molar-refractivity contribution in [2.75, 3.05) is 11.1 Å². The van der Waals surface area contributed by atoms with E-state index < -0.39 is 0 Å². The molecule has 3 aromatic rings. The monoisotopic (exact) mass is 251 g/mol. The van der Waals surface area contributed by atoms with Crippen LogP contribution >= 0.6 is 0 Å². The zero-order chi connectivity index (χ0) is 13.1. The number of benzene rings is 1. The Morgan fingerprint density at radius 1 is 1.11 bits per heavy atom. The van der Waals surface area contributed by atoms with Gasteiger partial charge in [-0.05, 0) is 11.6 Å². The van der Waals surface area contributed by atoms with Gasteiger partial charge in [0.25, 0.3) is 0 Å². The SMILES string of the molecule is Nc1cncc(NCc2cccc3cccnc23)n1. The van der Waals surface area contributed by atoms with Gasteiger partial charge in [-0.1, -0.05) is 24.3 Å². The summed E-state index contributed by atoms with van der Waals surface area (Å²) in [4.78, 5) is 12.6. The Morgan fingerprint density at radius 2 is 2.00 bits per heavy atom. The quantitative estimate of drug-likeness (QED) is 0.746. The van der Waals surface area contributed by atoms with Gasteiger partial charge < -0.3 is 11.1 Å². The fourth-order valence-corrected chi connectivity index (χ4v) is 1.96. The van der Waals surface area contributed by atoms with E-state index in [1.165, 1.54) is 6.20 Å². The number of hydrogen-bond acceptors (Lipinski definition) is 5. The van der Waals surface area contributed by atoms with Crippen molar-refractivity contribution in [3.05, 3.63) is 54.5 Å². The van der Waals surface area contributed by atoms with Crippen LogP contribution in [-0.2, 0) is 6.54 Å². The number of nitrogens with one attached hydrogen (secondary N) is 1. The molecule has 5 heteroatoms. The molecule has 5 nitrogen and oxygen atoms in total. The highest BCUT2D eigenvalue weighted by atomic mass is 15.0. The number of aromatic nitrogens is 3. The number of pyridine rings is 1. The number of nitrogens with zero attached hydrogens (tertiary/aromatic N) is 3. The van der Waals surface area contributed by atoms with Crippen molar-refractivity contribution in [3.63, 3.8) is 0 Å². The molecule has 0 saturated heterocycles. The number of anilines is 2. The second-order valence-corrected chi connectivity index (χ2v) is 4.17. The first-order valence-electron chi connectivity index (χ1n) is 5.97.